The predicted octanol–water partition coefficient (Wildman–Crippen LogP) is 2.22. The lowest BCUT2D eigenvalue weighted by atomic mass is 9.94. The van der Waals surface area contributed by atoms with Gasteiger partial charge < -0.3 is 20.0 Å². The second-order valence-electron chi connectivity index (χ2n) is 6.37. The number of hydrogen-bond acceptors (Lipinski definition) is 4. The molecule has 1 aromatic heterocycles. The number of oxazole rings is 1. The minimum Gasteiger partial charge on any atom is -0.444 e. The Kier molecular flexibility index (Phi) is 6.89. The molecule has 1 saturated carbocycles. The summed E-state index contributed by atoms with van der Waals surface area (Å²) in [6, 6.07) is 0.749. The van der Waals surface area contributed by atoms with E-state index in [1.807, 2.05) is 13.8 Å². The largest absolute Gasteiger partial charge is 0.444 e. The first-order chi connectivity index (χ1) is 11.1. The molecule has 1 aliphatic carbocycles. The van der Waals surface area contributed by atoms with Crippen LogP contribution in [0.5, 0.6) is 0 Å². The van der Waals surface area contributed by atoms with E-state index in [9.17, 15) is 0 Å². The first-order valence-electron chi connectivity index (χ1n) is 8.68. The van der Waals surface area contributed by atoms with Gasteiger partial charge in [0.05, 0.1) is 12.2 Å². The number of aliphatic imine (C=N–C) groups is 1. The van der Waals surface area contributed by atoms with Crippen LogP contribution in [-0.4, -0.2) is 49.1 Å². The molecular formula is C17H31N5O. The van der Waals surface area contributed by atoms with Crippen molar-refractivity contribution in [3.63, 3.8) is 0 Å². The van der Waals surface area contributed by atoms with Gasteiger partial charge in [-0.2, -0.15) is 0 Å². The minimum atomic E-state index is 0.548. The molecule has 1 heterocycles. The number of nitrogens with one attached hydrogen (secondary N) is 2. The summed E-state index contributed by atoms with van der Waals surface area (Å²) in [6.07, 6.45) is 6.83. The number of rotatable bonds is 6. The molecule has 0 unspecified atom stereocenters. The zero-order valence-corrected chi connectivity index (χ0v) is 15.0. The number of guanidine groups is 1. The van der Waals surface area contributed by atoms with E-state index in [0.717, 1.165) is 36.5 Å². The van der Waals surface area contributed by atoms with Gasteiger partial charge in [-0.3, -0.25) is 4.99 Å². The van der Waals surface area contributed by atoms with Crippen molar-refractivity contribution in [1.29, 1.82) is 0 Å². The topological polar surface area (TPSA) is 65.7 Å². The first kappa shape index (κ1) is 17.8. The maximum Gasteiger partial charge on any atom is 0.214 e. The summed E-state index contributed by atoms with van der Waals surface area (Å²) in [7, 11) is 4.01. The van der Waals surface area contributed by atoms with Crippen LogP contribution in [0.4, 0.5) is 0 Å². The highest BCUT2D eigenvalue weighted by Gasteiger charge is 2.17. The van der Waals surface area contributed by atoms with Crippen LogP contribution in [0.3, 0.4) is 0 Å². The van der Waals surface area contributed by atoms with E-state index in [1.54, 1.807) is 7.05 Å². The highest BCUT2D eigenvalue weighted by Crippen LogP contribution is 2.21. The van der Waals surface area contributed by atoms with E-state index in [2.05, 4.69) is 32.6 Å². The number of aryl methyl sites for hydroxylation is 2. The second kappa shape index (κ2) is 8.91. The van der Waals surface area contributed by atoms with Gasteiger partial charge in [0.2, 0.25) is 5.89 Å². The van der Waals surface area contributed by atoms with Crippen molar-refractivity contribution in [2.45, 2.75) is 58.5 Å². The third-order valence-electron chi connectivity index (χ3n) is 4.66. The van der Waals surface area contributed by atoms with Crippen LogP contribution in [0.1, 0.15) is 49.4 Å². The molecule has 1 aromatic rings. The zero-order valence-electron chi connectivity index (χ0n) is 15.0. The van der Waals surface area contributed by atoms with Crippen molar-refractivity contribution in [3.8, 4) is 0 Å². The molecule has 0 amide bonds. The number of aromatic nitrogens is 1. The number of hydrogen-bond donors (Lipinski definition) is 2. The molecular weight excluding hydrogens is 290 g/mol. The van der Waals surface area contributed by atoms with Crippen molar-refractivity contribution in [2.75, 3.05) is 27.2 Å². The van der Waals surface area contributed by atoms with Crippen molar-refractivity contribution in [3.05, 3.63) is 17.3 Å². The van der Waals surface area contributed by atoms with Gasteiger partial charge in [0.25, 0.3) is 0 Å². The molecule has 0 aliphatic heterocycles. The minimum absolute atomic E-state index is 0.548. The lowest BCUT2D eigenvalue weighted by Gasteiger charge is -2.31. The maximum atomic E-state index is 5.57. The molecule has 0 bridgehead atoms. The van der Waals surface area contributed by atoms with Gasteiger partial charge in [0.15, 0.2) is 5.96 Å². The summed E-state index contributed by atoms with van der Waals surface area (Å²) in [5.74, 6) is 2.36. The third-order valence-corrected chi connectivity index (χ3v) is 4.66. The van der Waals surface area contributed by atoms with Gasteiger partial charge in [0.1, 0.15) is 5.76 Å². The monoisotopic (exact) mass is 321 g/mol. The SMILES string of the molecule is CN=C(NCCN(C)C1CCCCC1)NCc1nc(C)c(C)o1. The van der Waals surface area contributed by atoms with Gasteiger partial charge in [-0.05, 0) is 33.7 Å². The van der Waals surface area contributed by atoms with Crippen LogP contribution in [0.2, 0.25) is 0 Å². The Labute approximate surface area is 139 Å². The fourth-order valence-corrected chi connectivity index (χ4v) is 3.05. The Bertz CT molecular complexity index is 486. The average Bonchev–Trinajstić information content (AvgIpc) is 2.89. The summed E-state index contributed by atoms with van der Waals surface area (Å²) >= 11 is 0. The van der Waals surface area contributed by atoms with Crippen molar-refractivity contribution in [2.24, 2.45) is 4.99 Å². The van der Waals surface area contributed by atoms with Crippen LogP contribution in [0, 0.1) is 13.8 Å². The number of nitrogens with zero attached hydrogens (tertiary/aromatic N) is 3. The van der Waals surface area contributed by atoms with Gasteiger partial charge in [0, 0.05) is 26.2 Å². The normalized spacial score (nSPS) is 16.8. The average molecular weight is 321 g/mol. The van der Waals surface area contributed by atoms with Crippen LogP contribution in [0.25, 0.3) is 0 Å². The molecule has 1 fully saturated rings. The van der Waals surface area contributed by atoms with E-state index >= 15 is 0 Å². The van der Waals surface area contributed by atoms with Gasteiger partial charge >= 0.3 is 0 Å². The van der Waals surface area contributed by atoms with Crippen molar-refractivity contribution in [1.82, 2.24) is 20.5 Å². The van der Waals surface area contributed by atoms with Gasteiger partial charge in [-0.1, -0.05) is 19.3 Å². The summed E-state index contributed by atoms with van der Waals surface area (Å²) in [5, 5.41) is 6.60. The van der Waals surface area contributed by atoms with Crippen molar-refractivity contribution >= 4 is 5.96 Å². The Hall–Kier alpha value is -1.56. The Morgan fingerprint density at radius 3 is 2.61 bits per heavy atom. The Morgan fingerprint density at radius 2 is 2.00 bits per heavy atom. The summed E-state index contributed by atoms with van der Waals surface area (Å²) in [5.41, 5.74) is 0.943. The Balaban J connectivity index is 1.68. The van der Waals surface area contributed by atoms with Crippen LogP contribution < -0.4 is 10.6 Å². The first-order valence-corrected chi connectivity index (χ1v) is 8.68. The van der Waals surface area contributed by atoms with E-state index in [1.165, 1.54) is 32.1 Å². The predicted molar refractivity (Wildman–Crippen MR) is 93.7 cm³/mol. The van der Waals surface area contributed by atoms with E-state index in [-0.39, 0.29) is 0 Å². The molecule has 0 radical (unpaired) electrons. The molecule has 2 N–H and O–H groups in total. The molecule has 1 aliphatic rings. The zero-order chi connectivity index (χ0) is 16.7. The molecule has 23 heavy (non-hydrogen) atoms. The summed E-state index contributed by atoms with van der Waals surface area (Å²) < 4.78 is 5.57. The standard InChI is InChI=1S/C17H31N5O/c1-13-14(2)23-16(21-13)12-20-17(18-3)19-10-11-22(4)15-8-6-5-7-9-15/h15H,5-12H2,1-4H3,(H2,18,19,20). The number of likely N-dealkylation sites (N-methyl/N-ethyl adjacent to an activating group) is 1. The Morgan fingerprint density at radius 1 is 1.26 bits per heavy atom. The van der Waals surface area contributed by atoms with Crippen LogP contribution in [0.15, 0.2) is 9.41 Å². The molecule has 6 nitrogen and oxygen atoms in total. The van der Waals surface area contributed by atoms with Gasteiger partial charge in [-0.25, -0.2) is 4.98 Å². The van der Waals surface area contributed by atoms with Crippen LogP contribution >= 0.6 is 0 Å². The molecule has 0 spiro atoms. The quantitative estimate of drug-likeness (QED) is 0.621. The highest BCUT2D eigenvalue weighted by molar-refractivity contribution is 5.79. The molecule has 130 valence electrons. The maximum absolute atomic E-state index is 5.57. The second-order valence-corrected chi connectivity index (χ2v) is 6.37. The summed E-state index contributed by atoms with van der Waals surface area (Å²) in [6.45, 7) is 6.35. The third kappa shape index (κ3) is 5.53. The smallest absolute Gasteiger partial charge is 0.214 e. The molecule has 0 atom stereocenters. The fraction of sp³-hybridized carbons (Fsp3) is 0.765. The lowest BCUT2D eigenvalue weighted by molar-refractivity contribution is 0.194. The van der Waals surface area contributed by atoms with Crippen molar-refractivity contribution < 1.29 is 4.42 Å². The molecule has 6 heteroatoms. The lowest BCUT2D eigenvalue weighted by Crippen LogP contribution is -2.43. The van der Waals surface area contributed by atoms with E-state index in [4.69, 9.17) is 4.42 Å². The highest BCUT2D eigenvalue weighted by atomic mass is 16.4. The van der Waals surface area contributed by atoms with E-state index in [0.29, 0.717) is 12.4 Å². The van der Waals surface area contributed by atoms with Crippen LogP contribution in [-0.2, 0) is 6.54 Å². The molecule has 0 aromatic carbocycles. The van der Waals surface area contributed by atoms with Gasteiger partial charge in [-0.15, -0.1) is 0 Å². The molecule has 2 rings (SSSR count). The van der Waals surface area contributed by atoms with E-state index < -0.39 is 0 Å². The molecule has 0 saturated heterocycles. The fourth-order valence-electron chi connectivity index (χ4n) is 3.05. The summed E-state index contributed by atoms with van der Waals surface area (Å²) in [4.78, 5) is 11.1.